The fourth-order valence-electron chi connectivity index (χ4n) is 4.56. The lowest BCUT2D eigenvalue weighted by atomic mass is 10.1. The van der Waals surface area contributed by atoms with Gasteiger partial charge in [0, 0.05) is 37.3 Å². The molecule has 2 aromatic rings. The highest BCUT2D eigenvalue weighted by Gasteiger charge is 2.36. The minimum atomic E-state index is -0.596. The fourth-order valence-corrected chi connectivity index (χ4v) is 4.56. The van der Waals surface area contributed by atoms with Gasteiger partial charge in [0.05, 0.1) is 35.9 Å². The molecule has 0 unspecified atom stereocenters. The summed E-state index contributed by atoms with van der Waals surface area (Å²) in [5.74, 6) is 7.31. The van der Waals surface area contributed by atoms with Crippen LogP contribution in [0.4, 0.5) is 22.2 Å². The second-order valence-corrected chi connectivity index (χ2v) is 11.2. The molecule has 2 aliphatic rings. The van der Waals surface area contributed by atoms with Crippen LogP contribution in [0, 0.1) is 11.8 Å². The quantitative estimate of drug-likeness (QED) is 0.303. The molecular formula is C30H40N8O3. The summed E-state index contributed by atoms with van der Waals surface area (Å²) < 4.78 is 5.45. The van der Waals surface area contributed by atoms with Crippen molar-refractivity contribution in [3.8, 4) is 11.8 Å². The smallest absolute Gasteiger partial charge is 0.410 e. The van der Waals surface area contributed by atoms with E-state index in [0.717, 1.165) is 42.0 Å². The number of nitrogens with zero attached hydrogens (tertiary/aromatic N) is 5. The summed E-state index contributed by atoms with van der Waals surface area (Å²) >= 11 is 0. The zero-order valence-corrected chi connectivity index (χ0v) is 24.6. The maximum Gasteiger partial charge on any atom is 0.410 e. The van der Waals surface area contributed by atoms with Crippen molar-refractivity contribution in [3.63, 3.8) is 0 Å². The topological polar surface area (TPSA) is 134 Å². The summed E-state index contributed by atoms with van der Waals surface area (Å²) in [6.07, 6.45) is 6.68. The number of likely N-dealkylation sites (tertiary alicyclic amines) is 1. The molecule has 4 heterocycles. The summed E-state index contributed by atoms with van der Waals surface area (Å²) in [6.45, 7) is 11.9. The third-order valence-corrected chi connectivity index (χ3v) is 6.60. The van der Waals surface area contributed by atoms with Crippen LogP contribution < -0.4 is 16.0 Å². The first-order valence-electron chi connectivity index (χ1n) is 14.3. The lowest BCUT2D eigenvalue weighted by Gasteiger charge is -2.28. The van der Waals surface area contributed by atoms with E-state index < -0.39 is 17.7 Å². The molecule has 0 saturated carbocycles. The number of unbranched alkanes of at least 4 members (excludes halogenated alkanes) is 1. The van der Waals surface area contributed by atoms with Crippen LogP contribution in [0.25, 0.3) is 0 Å². The number of amides is 2. The standard InChI is InChI=1S/C30H40N8O3/c1-6-13-31-26-21(17-35-28(37-26)36-22-16-23-20(2)33-19-24(23)34-18-22)11-8-7-9-14-32-27(39)25-12-10-15-38(25)29(40)41-30(3,4)5/h16-18,25H,6-7,9-10,12-15,19H2,1-5H3,(H,32,39)(H2,31,35,36,37)/t25-/m0/s1. The first kappa shape index (κ1) is 29.8. The van der Waals surface area contributed by atoms with Crippen molar-refractivity contribution in [2.24, 2.45) is 4.99 Å². The van der Waals surface area contributed by atoms with Gasteiger partial charge in [-0.05, 0) is 59.4 Å². The first-order valence-corrected chi connectivity index (χ1v) is 14.3. The Morgan fingerprint density at radius 1 is 1.20 bits per heavy atom. The van der Waals surface area contributed by atoms with Crippen LogP contribution >= 0.6 is 0 Å². The van der Waals surface area contributed by atoms with E-state index in [1.165, 1.54) is 4.90 Å². The number of ether oxygens (including phenoxy) is 1. The molecule has 0 aromatic carbocycles. The summed E-state index contributed by atoms with van der Waals surface area (Å²) in [4.78, 5) is 44.8. The Morgan fingerprint density at radius 2 is 2.02 bits per heavy atom. The monoisotopic (exact) mass is 560 g/mol. The summed E-state index contributed by atoms with van der Waals surface area (Å²) in [7, 11) is 0. The van der Waals surface area contributed by atoms with Gasteiger partial charge in [-0.3, -0.25) is 19.7 Å². The number of aliphatic imine (C=N–C) groups is 1. The molecule has 2 amide bonds. The van der Waals surface area contributed by atoms with Gasteiger partial charge in [-0.1, -0.05) is 18.8 Å². The molecule has 3 N–H and O–H groups in total. The maximum atomic E-state index is 12.7. The van der Waals surface area contributed by atoms with Gasteiger partial charge in [-0.15, -0.1) is 0 Å². The number of hydrogen-bond acceptors (Lipinski definition) is 9. The van der Waals surface area contributed by atoms with E-state index in [0.29, 0.717) is 56.2 Å². The van der Waals surface area contributed by atoms with Gasteiger partial charge in [0.1, 0.15) is 17.5 Å². The lowest BCUT2D eigenvalue weighted by Crippen LogP contribution is -2.47. The first-order chi connectivity index (χ1) is 19.6. The highest BCUT2D eigenvalue weighted by Crippen LogP contribution is 2.23. The predicted molar refractivity (Wildman–Crippen MR) is 159 cm³/mol. The Bertz CT molecular complexity index is 1360. The molecule has 0 bridgehead atoms. The van der Waals surface area contributed by atoms with Gasteiger partial charge in [-0.25, -0.2) is 9.78 Å². The Hall–Kier alpha value is -4.20. The number of hydrogen-bond donors (Lipinski definition) is 3. The molecule has 0 aliphatic carbocycles. The number of rotatable bonds is 9. The molecule has 218 valence electrons. The van der Waals surface area contributed by atoms with Crippen LogP contribution in [0.5, 0.6) is 0 Å². The number of nitrogens with one attached hydrogen (secondary N) is 3. The van der Waals surface area contributed by atoms with Crippen LogP contribution in [0.1, 0.15) is 83.5 Å². The van der Waals surface area contributed by atoms with Gasteiger partial charge >= 0.3 is 6.09 Å². The average Bonchev–Trinajstić information content (AvgIpc) is 3.56. The van der Waals surface area contributed by atoms with Gasteiger partial charge in [-0.2, -0.15) is 4.98 Å². The predicted octanol–water partition coefficient (Wildman–Crippen LogP) is 4.41. The van der Waals surface area contributed by atoms with Crippen molar-refractivity contribution in [1.82, 2.24) is 25.2 Å². The second-order valence-electron chi connectivity index (χ2n) is 11.2. The van der Waals surface area contributed by atoms with Crippen LogP contribution in [-0.4, -0.2) is 68.8 Å². The van der Waals surface area contributed by atoms with Crippen molar-refractivity contribution in [3.05, 3.63) is 35.3 Å². The SMILES string of the molecule is CCCNc1nc(Nc2cnc3c(c2)C(C)=NC3)ncc1C#CCCCNC(=O)[C@@H]1CCCN1C(=O)OC(C)(C)C. The maximum absolute atomic E-state index is 12.7. The molecular weight excluding hydrogens is 520 g/mol. The summed E-state index contributed by atoms with van der Waals surface area (Å²) in [5.41, 5.74) is 3.92. The van der Waals surface area contributed by atoms with E-state index >= 15 is 0 Å². The largest absolute Gasteiger partial charge is 0.444 e. The molecule has 1 saturated heterocycles. The van der Waals surface area contributed by atoms with Crippen molar-refractivity contribution in [2.75, 3.05) is 30.3 Å². The average molecular weight is 561 g/mol. The van der Waals surface area contributed by atoms with E-state index in [-0.39, 0.29) is 5.91 Å². The fraction of sp³-hybridized carbons (Fsp3) is 0.533. The lowest BCUT2D eigenvalue weighted by molar-refractivity contribution is -0.125. The Morgan fingerprint density at radius 3 is 2.80 bits per heavy atom. The molecule has 2 aliphatic heterocycles. The zero-order chi connectivity index (χ0) is 29.4. The number of carbonyl (C=O) groups excluding carboxylic acids is 2. The number of carbonyl (C=O) groups is 2. The molecule has 41 heavy (non-hydrogen) atoms. The van der Waals surface area contributed by atoms with Gasteiger partial charge < -0.3 is 20.7 Å². The summed E-state index contributed by atoms with van der Waals surface area (Å²) in [5, 5.41) is 9.52. The molecule has 1 fully saturated rings. The van der Waals surface area contributed by atoms with Crippen molar-refractivity contribution >= 4 is 35.2 Å². The number of aromatic nitrogens is 3. The molecule has 0 spiro atoms. The highest BCUT2D eigenvalue weighted by molar-refractivity contribution is 6.02. The molecule has 1 atom stereocenters. The van der Waals surface area contributed by atoms with Crippen LogP contribution in [0.15, 0.2) is 23.5 Å². The minimum absolute atomic E-state index is 0.148. The van der Waals surface area contributed by atoms with Gasteiger partial charge in [0.25, 0.3) is 0 Å². The Labute approximate surface area is 242 Å². The Balaban J connectivity index is 1.30. The number of fused-ring (bicyclic) bond motifs is 1. The molecule has 11 nitrogen and oxygen atoms in total. The van der Waals surface area contributed by atoms with Crippen LogP contribution in [0.2, 0.25) is 0 Å². The number of pyridine rings is 1. The van der Waals surface area contributed by atoms with Crippen LogP contribution in [-0.2, 0) is 16.1 Å². The van der Waals surface area contributed by atoms with E-state index in [9.17, 15) is 9.59 Å². The van der Waals surface area contributed by atoms with E-state index in [1.54, 1.807) is 12.4 Å². The third-order valence-electron chi connectivity index (χ3n) is 6.60. The molecule has 2 aromatic heterocycles. The highest BCUT2D eigenvalue weighted by atomic mass is 16.6. The molecule has 4 rings (SSSR count). The van der Waals surface area contributed by atoms with Crippen LogP contribution in [0.3, 0.4) is 0 Å². The normalized spacial score (nSPS) is 15.9. The second kappa shape index (κ2) is 13.4. The van der Waals surface area contributed by atoms with Gasteiger partial charge in [0.2, 0.25) is 11.9 Å². The summed E-state index contributed by atoms with van der Waals surface area (Å²) in [6, 6.07) is 1.53. The zero-order valence-electron chi connectivity index (χ0n) is 24.6. The van der Waals surface area contributed by atoms with Gasteiger partial charge in [0.15, 0.2) is 0 Å². The number of anilines is 3. The van der Waals surface area contributed by atoms with Crippen molar-refractivity contribution in [1.29, 1.82) is 0 Å². The molecule has 0 radical (unpaired) electrons. The van der Waals surface area contributed by atoms with E-state index in [4.69, 9.17) is 4.74 Å². The molecule has 11 heteroatoms. The van der Waals surface area contributed by atoms with E-state index in [1.807, 2.05) is 33.8 Å². The third kappa shape index (κ3) is 8.16. The Kier molecular flexibility index (Phi) is 9.76. The minimum Gasteiger partial charge on any atom is -0.444 e. The van der Waals surface area contributed by atoms with Crippen molar-refractivity contribution in [2.45, 2.75) is 84.9 Å². The van der Waals surface area contributed by atoms with Crippen molar-refractivity contribution < 1.29 is 14.3 Å². The van der Waals surface area contributed by atoms with E-state index in [2.05, 4.69) is 54.7 Å².